The molecule has 3 nitrogen and oxygen atoms in total. The van der Waals surface area contributed by atoms with E-state index in [9.17, 15) is 9.90 Å². The van der Waals surface area contributed by atoms with Crippen molar-refractivity contribution in [3.8, 4) is 0 Å². The average Bonchev–Trinajstić information content (AvgIpc) is 2.26. The molecule has 0 saturated carbocycles. The van der Waals surface area contributed by atoms with Gasteiger partial charge in [-0.15, -0.1) is 0 Å². The van der Waals surface area contributed by atoms with E-state index in [2.05, 4.69) is 5.32 Å². The van der Waals surface area contributed by atoms with Crippen molar-refractivity contribution in [1.82, 2.24) is 5.32 Å². The Bertz CT molecular complexity index is 388. The quantitative estimate of drug-likeness (QED) is 0.822. The molecule has 0 aliphatic rings. The molecule has 1 amide bonds. The van der Waals surface area contributed by atoms with Crippen LogP contribution in [-0.2, 0) is 4.79 Å². The number of aryl methyl sites for hydroxylation is 2. The Balaban J connectivity index is 2.57. The lowest BCUT2D eigenvalue weighted by atomic mass is 10.0. The Morgan fingerprint density at radius 1 is 1.41 bits per heavy atom. The van der Waals surface area contributed by atoms with Crippen molar-refractivity contribution in [3.63, 3.8) is 0 Å². The first-order valence-electron chi connectivity index (χ1n) is 6.06. The molecular formula is C14H21NO2. The van der Waals surface area contributed by atoms with Crippen molar-refractivity contribution in [1.29, 1.82) is 0 Å². The van der Waals surface area contributed by atoms with Crippen molar-refractivity contribution >= 4 is 5.91 Å². The lowest BCUT2D eigenvalue weighted by Gasteiger charge is -2.15. The summed E-state index contributed by atoms with van der Waals surface area (Å²) in [4.78, 5) is 11.3. The number of hydrogen-bond acceptors (Lipinski definition) is 2. The normalized spacial score (nSPS) is 12.2. The molecule has 0 heterocycles. The lowest BCUT2D eigenvalue weighted by molar-refractivity contribution is -0.121. The van der Waals surface area contributed by atoms with E-state index in [-0.39, 0.29) is 12.5 Å². The van der Waals surface area contributed by atoms with Crippen LogP contribution >= 0.6 is 0 Å². The fourth-order valence-corrected chi connectivity index (χ4v) is 1.84. The summed E-state index contributed by atoms with van der Waals surface area (Å²) in [6, 6.07) is 5.92. The third-order valence-corrected chi connectivity index (χ3v) is 2.75. The summed E-state index contributed by atoms with van der Waals surface area (Å²) in [6.45, 7) is 6.23. The van der Waals surface area contributed by atoms with Gasteiger partial charge in [-0.2, -0.15) is 0 Å². The highest BCUT2D eigenvalue weighted by atomic mass is 16.3. The highest BCUT2D eigenvalue weighted by Crippen LogP contribution is 2.18. The maximum absolute atomic E-state index is 11.3. The smallest absolute Gasteiger partial charge is 0.220 e. The van der Waals surface area contributed by atoms with Gasteiger partial charge in [-0.05, 0) is 31.4 Å². The number of benzene rings is 1. The van der Waals surface area contributed by atoms with Crippen molar-refractivity contribution in [2.45, 2.75) is 39.7 Å². The Hall–Kier alpha value is -1.35. The Kier molecular flexibility index (Phi) is 5.16. The van der Waals surface area contributed by atoms with E-state index in [1.807, 2.05) is 39.0 Å². The number of hydrogen-bond donors (Lipinski definition) is 2. The number of carbonyl (C=O) groups excluding carboxylic acids is 1. The van der Waals surface area contributed by atoms with Gasteiger partial charge in [0.15, 0.2) is 0 Å². The Morgan fingerprint density at radius 3 is 2.71 bits per heavy atom. The fourth-order valence-electron chi connectivity index (χ4n) is 1.84. The van der Waals surface area contributed by atoms with Gasteiger partial charge in [0, 0.05) is 13.0 Å². The Morgan fingerprint density at radius 2 is 2.12 bits per heavy atom. The number of nitrogens with one attached hydrogen (secondary N) is 1. The molecule has 1 aromatic carbocycles. The topological polar surface area (TPSA) is 49.3 Å². The molecule has 1 aromatic rings. The second-order valence-electron chi connectivity index (χ2n) is 4.43. The first-order valence-corrected chi connectivity index (χ1v) is 6.06. The molecule has 0 bridgehead atoms. The number of amides is 1. The summed E-state index contributed by atoms with van der Waals surface area (Å²) in [5.41, 5.74) is 3.11. The van der Waals surface area contributed by atoms with Crippen LogP contribution in [0.3, 0.4) is 0 Å². The van der Waals surface area contributed by atoms with Crippen LogP contribution in [0.2, 0.25) is 0 Å². The van der Waals surface area contributed by atoms with E-state index in [4.69, 9.17) is 0 Å². The molecule has 0 aliphatic carbocycles. The molecule has 0 radical (unpaired) electrons. The molecule has 0 aliphatic heterocycles. The van der Waals surface area contributed by atoms with Crippen LogP contribution in [0.25, 0.3) is 0 Å². The second kappa shape index (κ2) is 6.40. The summed E-state index contributed by atoms with van der Waals surface area (Å²) in [6.07, 6.45) is 0.710. The van der Waals surface area contributed by atoms with Gasteiger partial charge in [-0.1, -0.05) is 30.7 Å². The van der Waals surface area contributed by atoms with Crippen LogP contribution in [-0.4, -0.2) is 17.6 Å². The van der Waals surface area contributed by atoms with Gasteiger partial charge in [-0.3, -0.25) is 4.79 Å². The summed E-state index contributed by atoms with van der Waals surface area (Å²) in [7, 11) is 0. The summed E-state index contributed by atoms with van der Waals surface area (Å²) < 4.78 is 0. The van der Waals surface area contributed by atoms with E-state index in [0.717, 1.165) is 17.5 Å². The zero-order valence-electron chi connectivity index (χ0n) is 10.8. The summed E-state index contributed by atoms with van der Waals surface area (Å²) in [5.74, 6) is -0.00341. The minimum absolute atomic E-state index is 0.00341. The van der Waals surface area contributed by atoms with Crippen molar-refractivity contribution in [3.05, 3.63) is 34.9 Å². The van der Waals surface area contributed by atoms with E-state index in [0.29, 0.717) is 6.42 Å². The van der Waals surface area contributed by atoms with E-state index in [1.165, 1.54) is 5.56 Å². The van der Waals surface area contributed by atoms with Gasteiger partial charge in [0.1, 0.15) is 0 Å². The molecule has 0 fully saturated rings. The second-order valence-corrected chi connectivity index (χ2v) is 4.43. The highest BCUT2D eigenvalue weighted by molar-refractivity contribution is 5.75. The third kappa shape index (κ3) is 4.19. The maximum atomic E-state index is 11.3. The first kappa shape index (κ1) is 13.7. The largest absolute Gasteiger partial charge is 0.387 e. The average molecular weight is 235 g/mol. The zero-order chi connectivity index (χ0) is 12.8. The monoisotopic (exact) mass is 235 g/mol. The van der Waals surface area contributed by atoms with E-state index >= 15 is 0 Å². The molecule has 1 rings (SSSR count). The van der Waals surface area contributed by atoms with Crippen LogP contribution in [0, 0.1) is 13.8 Å². The molecular weight excluding hydrogens is 214 g/mol. The number of carbonyl (C=O) groups is 1. The SMILES string of the molecule is CCCC(=O)NCC(O)c1ccc(C)cc1C. The highest BCUT2D eigenvalue weighted by Gasteiger charge is 2.11. The predicted molar refractivity (Wildman–Crippen MR) is 68.8 cm³/mol. The molecule has 0 saturated heterocycles. The van der Waals surface area contributed by atoms with Crippen molar-refractivity contribution in [2.24, 2.45) is 0 Å². The van der Waals surface area contributed by atoms with Gasteiger partial charge in [-0.25, -0.2) is 0 Å². The minimum atomic E-state index is -0.628. The van der Waals surface area contributed by atoms with Gasteiger partial charge in [0.05, 0.1) is 6.10 Å². The molecule has 17 heavy (non-hydrogen) atoms. The van der Waals surface area contributed by atoms with Gasteiger partial charge < -0.3 is 10.4 Å². The van der Waals surface area contributed by atoms with Crippen LogP contribution in [0.15, 0.2) is 18.2 Å². The van der Waals surface area contributed by atoms with E-state index in [1.54, 1.807) is 0 Å². The van der Waals surface area contributed by atoms with Crippen molar-refractivity contribution < 1.29 is 9.90 Å². The molecule has 3 heteroatoms. The third-order valence-electron chi connectivity index (χ3n) is 2.75. The molecule has 1 unspecified atom stereocenters. The molecule has 0 aromatic heterocycles. The van der Waals surface area contributed by atoms with Crippen LogP contribution in [0.5, 0.6) is 0 Å². The number of rotatable bonds is 5. The van der Waals surface area contributed by atoms with Crippen LogP contribution in [0.4, 0.5) is 0 Å². The van der Waals surface area contributed by atoms with Crippen LogP contribution < -0.4 is 5.32 Å². The predicted octanol–water partition coefficient (Wildman–Crippen LogP) is 2.25. The fraction of sp³-hybridized carbons (Fsp3) is 0.500. The van der Waals surface area contributed by atoms with Gasteiger partial charge in [0.2, 0.25) is 5.91 Å². The van der Waals surface area contributed by atoms with Crippen LogP contribution in [0.1, 0.15) is 42.6 Å². The zero-order valence-corrected chi connectivity index (χ0v) is 10.8. The lowest BCUT2D eigenvalue weighted by Crippen LogP contribution is -2.28. The molecule has 1 atom stereocenters. The van der Waals surface area contributed by atoms with E-state index < -0.39 is 6.10 Å². The number of aliphatic hydroxyl groups excluding tert-OH is 1. The van der Waals surface area contributed by atoms with Crippen molar-refractivity contribution in [2.75, 3.05) is 6.54 Å². The summed E-state index contributed by atoms with van der Waals surface area (Å²) in [5, 5.41) is 12.7. The Labute approximate surface area is 103 Å². The first-order chi connectivity index (χ1) is 8.04. The molecule has 0 spiro atoms. The minimum Gasteiger partial charge on any atom is -0.387 e. The maximum Gasteiger partial charge on any atom is 0.220 e. The summed E-state index contributed by atoms with van der Waals surface area (Å²) >= 11 is 0. The van der Waals surface area contributed by atoms with Gasteiger partial charge in [0.25, 0.3) is 0 Å². The van der Waals surface area contributed by atoms with Gasteiger partial charge >= 0.3 is 0 Å². The molecule has 94 valence electrons. The standard InChI is InChI=1S/C14H21NO2/c1-4-5-14(17)15-9-13(16)12-7-6-10(2)8-11(12)3/h6-8,13,16H,4-5,9H2,1-3H3,(H,15,17). The molecule has 2 N–H and O–H groups in total. The number of aliphatic hydroxyl groups is 1.